The van der Waals surface area contributed by atoms with E-state index in [4.69, 9.17) is 10.5 Å². The molecule has 0 amide bonds. The number of hydrogen-bond acceptors (Lipinski definition) is 2. The molecule has 0 bridgehead atoms. The van der Waals surface area contributed by atoms with E-state index in [9.17, 15) is 0 Å². The van der Waals surface area contributed by atoms with Crippen molar-refractivity contribution in [1.82, 2.24) is 0 Å². The van der Waals surface area contributed by atoms with Crippen LogP contribution in [0.25, 0.3) is 0 Å². The maximum atomic E-state index is 5.62. The Bertz CT molecular complexity index is 138. The summed E-state index contributed by atoms with van der Waals surface area (Å²) in [6.07, 6.45) is 1.55. The SMILES string of the molecule is CCOC(CN)C1(C)CC1C. The minimum atomic E-state index is 0.280. The predicted molar refractivity (Wildman–Crippen MR) is 46.4 cm³/mol. The van der Waals surface area contributed by atoms with Crippen molar-refractivity contribution < 1.29 is 4.74 Å². The maximum absolute atomic E-state index is 5.62. The van der Waals surface area contributed by atoms with Crippen molar-refractivity contribution in [1.29, 1.82) is 0 Å². The van der Waals surface area contributed by atoms with Crippen molar-refractivity contribution >= 4 is 0 Å². The van der Waals surface area contributed by atoms with Gasteiger partial charge in [0.2, 0.25) is 0 Å². The van der Waals surface area contributed by atoms with Crippen LogP contribution in [0.1, 0.15) is 27.2 Å². The third kappa shape index (κ3) is 1.57. The fourth-order valence-corrected chi connectivity index (χ4v) is 1.78. The van der Waals surface area contributed by atoms with Crippen LogP contribution < -0.4 is 5.73 Å². The molecule has 11 heavy (non-hydrogen) atoms. The van der Waals surface area contributed by atoms with E-state index in [1.165, 1.54) is 6.42 Å². The van der Waals surface area contributed by atoms with Gasteiger partial charge in [0.25, 0.3) is 0 Å². The van der Waals surface area contributed by atoms with Crippen LogP contribution in [0.2, 0.25) is 0 Å². The smallest absolute Gasteiger partial charge is 0.0753 e. The van der Waals surface area contributed by atoms with Crippen molar-refractivity contribution in [2.24, 2.45) is 17.1 Å². The first kappa shape index (κ1) is 9.01. The van der Waals surface area contributed by atoms with E-state index in [1.807, 2.05) is 6.92 Å². The molecular weight excluding hydrogens is 138 g/mol. The van der Waals surface area contributed by atoms with Gasteiger partial charge in [-0.15, -0.1) is 0 Å². The average molecular weight is 157 g/mol. The molecule has 2 heteroatoms. The Labute approximate surface area is 69.1 Å². The van der Waals surface area contributed by atoms with Crippen molar-refractivity contribution in [3.05, 3.63) is 0 Å². The summed E-state index contributed by atoms with van der Waals surface area (Å²) >= 11 is 0. The molecule has 1 rings (SSSR count). The predicted octanol–water partition coefficient (Wildman–Crippen LogP) is 1.40. The highest BCUT2D eigenvalue weighted by Crippen LogP contribution is 2.55. The maximum Gasteiger partial charge on any atom is 0.0753 e. The summed E-state index contributed by atoms with van der Waals surface area (Å²) in [4.78, 5) is 0. The Hall–Kier alpha value is -0.0800. The summed E-state index contributed by atoms with van der Waals surface area (Å²) in [5.41, 5.74) is 6.00. The molecule has 1 aliphatic carbocycles. The lowest BCUT2D eigenvalue weighted by molar-refractivity contribution is 0.0167. The van der Waals surface area contributed by atoms with Crippen LogP contribution in [0.5, 0.6) is 0 Å². The highest BCUT2D eigenvalue weighted by Gasteiger charge is 2.52. The normalized spacial score (nSPS) is 38.7. The van der Waals surface area contributed by atoms with E-state index < -0.39 is 0 Å². The molecule has 2 nitrogen and oxygen atoms in total. The number of ether oxygens (including phenoxy) is 1. The molecule has 1 fully saturated rings. The molecule has 1 aliphatic rings. The molecule has 0 aromatic carbocycles. The molecule has 0 aromatic rings. The highest BCUT2D eigenvalue weighted by atomic mass is 16.5. The zero-order chi connectivity index (χ0) is 8.48. The molecule has 1 saturated carbocycles. The quantitative estimate of drug-likeness (QED) is 0.669. The Kier molecular flexibility index (Phi) is 2.55. The van der Waals surface area contributed by atoms with Crippen molar-refractivity contribution in [3.8, 4) is 0 Å². The first-order valence-electron chi connectivity index (χ1n) is 4.46. The highest BCUT2D eigenvalue weighted by molar-refractivity contribution is 5.02. The lowest BCUT2D eigenvalue weighted by Gasteiger charge is -2.22. The van der Waals surface area contributed by atoms with Gasteiger partial charge in [-0.05, 0) is 24.7 Å². The number of nitrogens with two attached hydrogens (primary N) is 1. The number of hydrogen-bond donors (Lipinski definition) is 1. The molecule has 0 spiro atoms. The monoisotopic (exact) mass is 157 g/mol. The van der Waals surface area contributed by atoms with E-state index in [-0.39, 0.29) is 6.10 Å². The van der Waals surface area contributed by atoms with Crippen LogP contribution in [0.15, 0.2) is 0 Å². The van der Waals surface area contributed by atoms with E-state index in [1.54, 1.807) is 0 Å². The Morgan fingerprint density at radius 3 is 2.55 bits per heavy atom. The fraction of sp³-hybridized carbons (Fsp3) is 1.00. The molecular formula is C9H19NO. The first-order chi connectivity index (χ1) is 5.15. The lowest BCUT2D eigenvalue weighted by Crippen LogP contribution is -2.32. The molecule has 3 unspecified atom stereocenters. The largest absolute Gasteiger partial charge is 0.377 e. The van der Waals surface area contributed by atoms with Crippen LogP contribution >= 0.6 is 0 Å². The fourth-order valence-electron chi connectivity index (χ4n) is 1.78. The minimum absolute atomic E-state index is 0.280. The first-order valence-corrected chi connectivity index (χ1v) is 4.46. The Balaban J connectivity index is 2.42. The topological polar surface area (TPSA) is 35.2 Å². The lowest BCUT2D eigenvalue weighted by atomic mass is 9.99. The van der Waals surface area contributed by atoms with Gasteiger partial charge in [-0.2, -0.15) is 0 Å². The standard InChI is InChI=1S/C9H19NO/c1-4-11-8(6-10)9(3)5-7(9)2/h7-8H,4-6,10H2,1-3H3. The molecule has 0 aliphatic heterocycles. The third-order valence-electron chi connectivity index (χ3n) is 3.03. The van der Waals surface area contributed by atoms with Crippen LogP contribution in [0.4, 0.5) is 0 Å². The van der Waals surface area contributed by atoms with Crippen LogP contribution in [-0.4, -0.2) is 19.3 Å². The molecule has 0 aromatic heterocycles. The molecule has 3 atom stereocenters. The second kappa shape index (κ2) is 3.11. The van der Waals surface area contributed by atoms with Gasteiger partial charge < -0.3 is 10.5 Å². The van der Waals surface area contributed by atoms with Gasteiger partial charge in [-0.25, -0.2) is 0 Å². The molecule has 0 heterocycles. The zero-order valence-electron chi connectivity index (χ0n) is 7.76. The second-order valence-electron chi connectivity index (χ2n) is 3.79. The molecule has 0 saturated heterocycles. The van der Waals surface area contributed by atoms with Gasteiger partial charge in [0.1, 0.15) is 0 Å². The van der Waals surface area contributed by atoms with Gasteiger partial charge in [0.05, 0.1) is 6.10 Å². The van der Waals surface area contributed by atoms with Gasteiger partial charge in [-0.3, -0.25) is 0 Å². The summed E-state index contributed by atoms with van der Waals surface area (Å²) in [7, 11) is 0. The average Bonchev–Trinajstić information content (AvgIpc) is 2.56. The molecule has 66 valence electrons. The van der Waals surface area contributed by atoms with E-state index in [0.717, 1.165) is 12.5 Å². The zero-order valence-corrected chi connectivity index (χ0v) is 7.76. The van der Waals surface area contributed by atoms with Crippen molar-refractivity contribution in [3.63, 3.8) is 0 Å². The minimum Gasteiger partial charge on any atom is -0.377 e. The second-order valence-corrected chi connectivity index (χ2v) is 3.79. The summed E-state index contributed by atoms with van der Waals surface area (Å²) in [5.74, 6) is 0.794. The number of rotatable bonds is 4. The Morgan fingerprint density at radius 2 is 2.27 bits per heavy atom. The van der Waals surface area contributed by atoms with Gasteiger partial charge in [0, 0.05) is 13.2 Å². The summed E-state index contributed by atoms with van der Waals surface area (Å²) in [6.45, 7) is 8.00. The third-order valence-corrected chi connectivity index (χ3v) is 3.03. The van der Waals surface area contributed by atoms with Gasteiger partial charge >= 0.3 is 0 Å². The summed E-state index contributed by atoms with van der Waals surface area (Å²) in [5, 5.41) is 0. The van der Waals surface area contributed by atoms with E-state index >= 15 is 0 Å². The van der Waals surface area contributed by atoms with Crippen LogP contribution in [0, 0.1) is 11.3 Å². The van der Waals surface area contributed by atoms with Crippen molar-refractivity contribution in [2.75, 3.05) is 13.2 Å². The van der Waals surface area contributed by atoms with Crippen LogP contribution in [0.3, 0.4) is 0 Å². The Morgan fingerprint density at radius 1 is 1.73 bits per heavy atom. The molecule has 2 N–H and O–H groups in total. The van der Waals surface area contributed by atoms with Crippen molar-refractivity contribution in [2.45, 2.75) is 33.3 Å². The van der Waals surface area contributed by atoms with Crippen LogP contribution in [-0.2, 0) is 4.74 Å². The van der Waals surface area contributed by atoms with E-state index in [2.05, 4.69) is 13.8 Å². The summed E-state index contributed by atoms with van der Waals surface area (Å²) < 4.78 is 5.56. The van der Waals surface area contributed by atoms with Gasteiger partial charge in [0.15, 0.2) is 0 Å². The van der Waals surface area contributed by atoms with E-state index in [0.29, 0.717) is 12.0 Å². The summed E-state index contributed by atoms with van der Waals surface area (Å²) in [6, 6.07) is 0. The van der Waals surface area contributed by atoms with Gasteiger partial charge in [-0.1, -0.05) is 13.8 Å². The molecule has 0 radical (unpaired) electrons.